The number of benzene rings is 1. The third-order valence-corrected chi connectivity index (χ3v) is 4.07. The van der Waals surface area contributed by atoms with Crippen LogP contribution in [-0.4, -0.2) is 24.9 Å². The smallest absolute Gasteiger partial charge is 0.315 e. The number of carbonyl (C=O) groups excluding carboxylic acids is 1. The number of nitrogens with one attached hydrogen (secondary N) is 1. The first-order valence-corrected chi connectivity index (χ1v) is 7.27. The monoisotopic (exact) mass is 285 g/mol. The molecule has 0 saturated heterocycles. The zero-order chi connectivity index (χ0) is 13.0. The van der Waals surface area contributed by atoms with Gasteiger partial charge in [0.2, 0.25) is 0 Å². The Bertz CT molecular complexity index is 435. The fraction of sp³-hybridized carbons (Fsp3) is 0.462. The summed E-state index contributed by atoms with van der Waals surface area (Å²) >= 11 is 7.46. The van der Waals surface area contributed by atoms with Crippen molar-refractivity contribution in [2.45, 2.75) is 30.3 Å². The molecule has 0 unspecified atom stereocenters. The molecule has 5 heteroatoms. The van der Waals surface area contributed by atoms with Crippen LogP contribution >= 0.6 is 23.4 Å². The lowest BCUT2D eigenvalue weighted by molar-refractivity contribution is -0.137. The zero-order valence-corrected chi connectivity index (χ0v) is 11.8. The SMILES string of the molecule is COC(=O)CSc1cc(Cl)ccc1CNC1CC1. The van der Waals surface area contributed by atoms with Gasteiger partial charge in [-0.1, -0.05) is 17.7 Å². The lowest BCUT2D eigenvalue weighted by Crippen LogP contribution is -2.16. The van der Waals surface area contributed by atoms with Gasteiger partial charge in [0.15, 0.2) is 0 Å². The van der Waals surface area contributed by atoms with E-state index in [4.69, 9.17) is 11.6 Å². The van der Waals surface area contributed by atoms with Crippen molar-refractivity contribution in [1.82, 2.24) is 5.32 Å². The van der Waals surface area contributed by atoms with E-state index < -0.39 is 0 Å². The maximum absolute atomic E-state index is 11.2. The minimum absolute atomic E-state index is 0.221. The molecule has 0 spiro atoms. The fourth-order valence-corrected chi connectivity index (χ4v) is 2.71. The second-order valence-corrected chi connectivity index (χ2v) is 5.73. The molecule has 3 nitrogen and oxygen atoms in total. The van der Waals surface area contributed by atoms with Gasteiger partial charge in [0, 0.05) is 22.5 Å². The Morgan fingerprint density at radius 2 is 2.33 bits per heavy atom. The summed E-state index contributed by atoms with van der Waals surface area (Å²) in [6, 6.07) is 6.46. The minimum atomic E-state index is -0.221. The number of hydrogen-bond donors (Lipinski definition) is 1. The molecule has 0 atom stereocenters. The molecule has 1 aliphatic rings. The summed E-state index contributed by atoms with van der Waals surface area (Å²) in [5, 5.41) is 4.15. The number of esters is 1. The van der Waals surface area contributed by atoms with Crippen molar-refractivity contribution in [1.29, 1.82) is 0 Å². The van der Waals surface area contributed by atoms with Gasteiger partial charge in [-0.05, 0) is 30.5 Å². The van der Waals surface area contributed by atoms with Gasteiger partial charge in [0.05, 0.1) is 12.9 Å². The molecule has 0 aromatic heterocycles. The number of halogens is 1. The van der Waals surface area contributed by atoms with Crippen LogP contribution in [0, 0.1) is 0 Å². The second kappa shape index (κ2) is 6.45. The number of hydrogen-bond acceptors (Lipinski definition) is 4. The molecule has 1 fully saturated rings. The van der Waals surface area contributed by atoms with Crippen LogP contribution in [0.2, 0.25) is 5.02 Å². The minimum Gasteiger partial charge on any atom is -0.468 e. The van der Waals surface area contributed by atoms with Crippen LogP contribution < -0.4 is 5.32 Å². The van der Waals surface area contributed by atoms with Gasteiger partial charge in [-0.15, -0.1) is 11.8 Å². The quantitative estimate of drug-likeness (QED) is 0.644. The van der Waals surface area contributed by atoms with Crippen LogP contribution in [0.15, 0.2) is 23.1 Å². The van der Waals surface area contributed by atoms with Crippen molar-refractivity contribution in [2.24, 2.45) is 0 Å². The van der Waals surface area contributed by atoms with Crippen LogP contribution in [0.25, 0.3) is 0 Å². The van der Waals surface area contributed by atoms with Crippen LogP contribution in [0.5, 0.6) is 0 Å². The van der Waals surface area contributed by atoms with Crippen LogP contribution in [0.3, 0.4) is 0 Å². The Morgan fingerprint density at radius 3 is 3.00 bits per heavy atom. The molecule has 98 valence electrons. The average molecular weight is 286 g/mol. The van der Waals surface area contributed by atoms with E-state index in [0.29, 0.717) is 16.8 Å². The molecule has 18 heavy (non-hydrogen) atoms. The van der Waals surface area contributed by atoms with Gasteiger partial charge in [-0.3, -0.25) is 4.79 Å². The highest BCUT2D eigenvalue weighted by molar-refractivity contribution is 8.00. The predicted octanol–water partition coefficient (Wildman–Crippen LogP) is 2.86. The van der Waals surface area contributed by atoms with E-state index in [1.807, 2.05) is 18.2 Å². The van der Waals surface area contributed by atoms with E-state index in [2.05, 4.69) is 10.1 Å². The molecular weight excluding hydrogens is 270 g/mol. The first kappa shape index (κ1) is 13.7. The summed E-state index contributed by atoms with van der Waals surface area (Å²) in [5.74, 6) is 0.0915. The van der Waals surface area contributed by atoms with Gasteiger partial charge in [0.1, 0.15) is 0 Å². The highest BCUT2D eigenvalue weighted by Crippen LogP contribution is 2.27. The van der Waals surface area contributed by atoms with Crippen LogP contribution in [0.1, 0.15) is 18.4 Å². The molecule has 1 aromatic carbocycles. The summed E-state index contributed by atoms with van der Waals surface area (Å²) in [6.45, 7) is 0.825. The second-order valence-electron chi connectivity index (χ2n) is 4.27. The molecule has 0 radical (unpaired) electrons. The first-order chi connectivity index (χ1) is 8.69. The lowest BCUT2D eigenvalue weighted by Gasteiger charge is -2.10. The van der Waals surface area contributed by atoms with Gasteiger partial charge in [-0.2, -0.15) is 0 Å². The topological polar surface area (TPSA) is 38.3 Å². The number of carbonyl (C=O) groups is 1. The Labute approximate surface area is 116 Å². The highest BCUT2D eigenvalue weighted by Gasteiger charge is 2.20. The lowest BCUT2D eigenvalue weighted by atomic mass is 10.2. The zero-order valence-electron chi connectivity index (χ0n) is 10.2. The van der Waals surface area contributed by atoms with E-state index in [1.165, 1.54) is 37.3 Å². The normalized spacial score (nSPS) is 14.6. The highest BCUT2D eigenvalue weighted by atomic mass is 35.5. The van der Waals surface area contributed by atoms with Crippen LogP contribution in [-0.2, 0) is 16.1 Å². The van der Waals surface area contributed by atoms with Gasteiger partial charge in [-0.25, -0.2) is 0 Å². The third kappa shape index (κ3) is 4.19. The Hall–Kier alpha value is -0.710. The largest absolute Gasteiger partial charge is 0.468 e. The maximum Gasteiger partial charge on any atom is 0.315 e. The summed E-state index contributed by atoms with van der Waals surface area (Å²) in [4.78, 5) is 12.2. The van der Waals surface area contributed by atoms with Crippen molar-refractivity contribution in [3.8, 4) is 0 Å². The van der Waals surface area contributed by atoms with Gasteiger partial charge < -0.3 is 10.1 Å². The van der Waals surface area contributed by atoms with E-state index in [0.717, 1.165) is 11.4 Å². The average Bonchev–Trinajstić information content (AvgIpc) is 3.18. The van der Waals surface area contributed by atoms with Gasteiger partial charge >= 0.3 is 5.97 Å². The standard InChI is InChI=1S/C13H16ClNO2S/c1-17-13(16)8-18-12-6-10(14)3-2-9(12)7-15-11-4-5-11/h2-3,6,11,15H,4-5,7-8H2,1H3. The van der Waals surface area contributed by atoms with E-state index in [9.17, 15) is 4.79 Å². The molecule has 1 aromatic rings. The van der Waals surface area contributed by atoms with Crippen molar-refractivity contribution in [2.75, 3.05) is 12.9 Å². The van der Waals surface area contributed by atoms with Crippen LogP contribution in [0.4, 0.5) is 0 Å². The van der Waals surface area contributed by atoms with E-state index >= 15 is 0 Å². The van der Waals surface area contributed by atoms with Crippen molar-refractivity contribution in [3.05, 3.63) is 28.8 Å². The molecule has 1 aliphatic carbocycles. The molecule has 0 amide bonds. The molecule has 1 saturated carbocycles. The summed E-state index contributed by atoms with van der Waals surface area (Å²) in [7, 11) is 1.40. The van der Waals surface area contributed by atoms with E-state index in [-0.39, 0.29) is 5.97 Å². The van der Waals surface area contributed by atoms with Crippen molar-refractivity contribution >= 4 is 29.3 Å². The molecular formula is C13H16ClNO2S. The molecule has 0 bridgehead atoms. The number of ether oxygens (including phenoxy) is 1. The Balaban J connectivity index is 1.99. The summed E-state index contributed by atoms with van der Waals surface area (Å²) in [5.41, 5.74) is 1.18. The fourth-order valence-electron chi connectivity index (χ4n) is 1.55. The van der Waals surface area contributed by atoms with E-state index in [1.54, 1.807) is 0 Å². The van der Waals surface area contributed by atoms with Crippen molar-refractivity contribution < 1.29 is 9.53 Å². The number of thioether (sulfide) groups is 1. The molecule has 2 rings (SSSR count). The molecule has 0 aliphatic heterocycles. The number of rotatable bonds is 6. The van der Waals surface area contributed by atoms with Crippen molar-refractivity contribution in [3.63, 3.8) is 0 Å². The number of methoxy groups -OCH3 is 1. The molecule has 1 N–H and O–H groups in total. The summed E-state index contributed by atoms with van der Waals surface area (Å²) in [6.07, 6.45) is 2.52. The third-order valence-electron chi connectivity index (χ3n) is 2.76. The first-order valence-electron chi connectivity index (χ1n) is 5.90. The maximum atomic E-state index is 11.2. The summed E-state index contributed by atoms with van der Waals surface area (Å²) < 4.78 is 4.64. The molecule has 0 heterocycles. The Kier molecular flexibility index (Phi) is 4.92. The predicted molar refractivity (Wildman–Crippen MR) is 74.1 cm³/mol. The Morgan fingerprint density at radius 1 is 1.56 bits per heavy atom. The van der Waals surface area contributed by atoms with Gasteiger partial charge in [0.25, 0.3) is 0 Å².